The van der Waals surface area contributed by atoms with Crippen LogP contribution in [0.1, 0.15) is 33.1 Å². The molecule has 0 aromatic heterocycles. The first kappa shape index (κ1) is 13.4. The quantitative estimate of drug-likeness (QED) is 0.727. The highest BCUT2D eigenvalue weighted by molar-refractivity contribution is 7.89. The summed E-state index contributed by atoms with van der Waals surface area (Å²) >= 11 is 0. The van der Waals surface area contributed by atoms with E-state index < -0.39 is 21.7 Å². The van der Waals surface area contributed by atoms with Crippen molar-refractivity contribution in [1.82, 2.24) is 4.31 Å². The normalized spacial score (nSPS) is 17.0. The summed E-state index contributed by atoms with van der Waals surface area (Å²) in [4.78, 5) is 10.5. The van der Waals surface area contributed by atoms with Gasteiger partial charge in [0, 0.05) is 12.6 Å². The Balaban J connectivity index is 2.65. The third kappa shape index (κ3) is 4.09. The molecule has 0 unspecified atom stereocenters. The molecule has 1 rings (SSSR count). The first-order valence-corrected chi connectivity index (χ1v) is 7.15. The molecule has 0 heterocycles. The minimum Gasteiger partial charge on any atom is -0.480 e. The van der Waals surface area contributed by atoms with Crippen LogP contribution in [0, 0.1) is 5.92 Å². The molecule has 0 amide bonds. The van der Waals surface area contributed by atoms with Crippen LogP contribution in [0.5, 0.6) is 0 Å². The van der Waals surface area contributed by atoms with Crippen molar-refractivity contribution < 1.29 is 18.3 Å². The maximum Gasteiger partial charge on any atom is 0.320 e. The van der Waals surface area contributed by atoms with E-state index in [-0.39, 0.29) is 6.04 Å². The first-order chi connectivity index (χ1) is 7.33. The highest BCUT2D eigenvalue weighted by Gasteiger charge is 2.37. The maximum atomic E-state index is 11.8. The van der Waals surface area contributed by atoms with E-state index in [4.69, 9.17) is 5.11 Å². The SMILES string of the molecule is CC(C)CCN(C1CC1)S(=O)(=O)CC(=O)O. The van der Waals surface area contributed by atoms with Crippen molar-refractivity contribution in [2.75, 3.05) is 12.3 Å². The number of nitrogens with zero attached hydrogens (tertiary/aromatic N) is 1. The molecule has 94 valence electrons. The Bertz CT molecular complexity index is 346. The Morgan fingerprint density at radius 2 is 2.00 bits per heavy atom. The molecular formula is C10H19NO4S. The van der Waals surface area contributed by atoms with Crippen molar-refractivity contribution in [3.63, 3.8) is 0 Å². The number of carboxylic acids is 1. The fraction of sp³-hybridized carbons (Fsp3) is 0.900. The zero-order valence-corrected chi connectivity index (χ0v) is 10.5. The van der Waals surface area contributed by atoms with Gasteiger partial charge in [-0.3, -0.25) is 4.79 Å². The Kier molecular flexibility index (Phi) is 4.32. The number of rotatable bonds is 7. The molecule has 0 aromatic rings. The van der Waals surface area contributed by atoms with Crippen LogP contribution in [-0.4, -0.2) is 42.1 Å². The first-order valence-electron chi connectivity index (χ1n) is 5.54. The van der Waals surface area contributed by atoms with Gasteiger partial charge in [0.2, 0.25) is 10.0 Å². The predicted octanol–water partition coefficient (Wildman–Crippen LogP) is 0.911. The topological polar surface area (TPSA) is 74.7 Å². The van der Waals surface area contributed by atoms with Crippen LogP contribution < -0.4 is 0 Å². The number of hydrogen-bond donors (Lipinski definition) is 1. The fourth-order valence-corrected chi connectivity index (χ4v) is 3.06. The van der Waals surface area contributed by atoms with Gasteiger partial charge in [-0.1, -0.05) is 13.8 Å². The summed E-state index contributed by atoms with van der Waals surface area (Å²) in [5, 5.41) is 8.57. The van der Waals surface area contributed by atoms with Crippen LogP contribution in [0.15, 0.2) is 0 Å². The summed E-state index contributed by atoms with van der Waals surface area (Å²) in [5.41, 5.74) is 0. The summed E-state index contributed by atoms with van der Waals surface area (Å²) in [7, 11) is -3.62. The molecule has 0 atom stereocenters. The molecule has 1 saturated carbocycles. The summed E-state index contributed by atoms with van der Waals surface area (Å²) in [6.45, 7) is 4.49. The molecule has 1 aliphatic carbocycles. The van der Waals surface area contributed by atoms with Crippen molar-refractivity contribution in [1.29, 1.82) is 0 Å². The van der Waals surface area contributed by atoms with Crippen molar-refractivity contribution in [2.45, 2.75) is 39.2 Å². The second kappa shape index (κ2) is 5.14. The molecule has 0 bridgehead atoms. The smallest absolute Gasteiger partial charge is 0.320 e. The highest BCUT2D eigenvalue weighted by atomic mass is 32.2. The van der Waals surface area contributed by atoms with Crippen LogP contribution in [0.3, 0.4) is 0 Å². The van der Waals surface area contributed by atoms with Crippen LogP contribution >= 0.6 is 0 Å². The average molecular weight is 249 g/mol. The minimum absolute atomic E-state index is 0.0445. The van der Waals surface area contributed by atoms with Gasteiger partial charge in [-0.25, -0.2) is 8.42 Å². The standard InChI is InChI=1S/C10H19NO4S/c1-8(2)5-6-11(9-3-4-9)16(14,15)7-10(12)13/h8-9H,3-7H2,1-2H3,(H,12,13). The molecule has 0 spiro atoms. The summed E-state index contributed by atoms with van der Waals surface area (Å²) in [6.07, 6.45) is 2.49. The fourth-order valence-electron chi connectivity index (χ4n) is 1.54. The largest absolute Gasteiger partial charge is 0.480 e. The number of carboxylic acid groups (broad SMARTS) is 1. The molecule has 6 heteroatoms. The van der Waals surface area contributed by atoms with Gasteiger partial charge in [0.15, 0.2) is 5.75 Å². The van der Waals surface area contributed by atoms with Crippen molar-refractivity contribution in [3.8, 4) is 0 Å². The lowest BCUT2D eigenvalue weighted by molar-refractivity contribution is -0.134. The number of carbonyl (C=O) groups is 1. The molecule has 1 aliphatic rings. The molecule has 1 fully saturated rings. The van der Waals surface area contributed by atoms with Crippen LogP contribution in [0.2, 0.25) is 0 Å². The Labute approximate surface area is 96.5 Å². The van der Waals surface area contributed by atoms with Gasteiger partial charge in [0.1, 0.15) is 0 Å². The van der Waals surface area contributed by atoms with Crippen LogP contribution in [0.4, 0.5) is 0 Å². The molecule has 0 aromatic carbocycles. The second-order valence-electron chi connectivity index (χ2n) is 4.67. The molecule has 0 radical (unpaired) electrons. The number of sulfonamides is 1. The van der Waals surface area contributed by atoms with E-state index in [0.29, 0.717) is 12.5 Å². The molecule has 5 nitrogen and oxygen atoms in total. The Morgan fingerprint density at radius 3 is 2.38 bits per heavy atom. The minimum atomic E-state index is -3.62. The van der Waals surface area contributed by atoms with Gasteiger partial charge in [-0.15, -0.1) is 0 Å². The number of hydrogen-bond acceptors (Lipinski definition) is 3. The van der Waals surface area contributed by atoms with E-state index in [0.717, 1.165) is 19.3 Å². The van der Waals surface area contributed by atoms with Crippen molar-refractivity contribution in [2.24, 2.45) is 5.92 Å². The molecule has 0 aliphatic heterocycles. The van der Waals surface area contributed by atoms with E-state index in [1.54, 1.807) is 0 Å². The van der Waals surface area contributed by atoms with Gasteiger partial charge in [0.05, 0.1) is 0 Å². The number of aliphatic carboxylic acids is 1. The highest BCUT2D eigenvalue weighted by Crippen LogP contribution is 2.30. The molecular weight excluding hydrogens is 230 g/mol. The zero-order valence-electron chi connectivity index (χ0n) is 9.72. The summed E-state index contributed by atoms with van der Waals surface area (Å²) in [5.74, 6) is -1.65. The lowest BCUT2D eigenvalue weighted by Gasteiger charge is -2.21. The average Bonchev–Trinajstić information content (AvgIpc) is 2.84. The second-order valence-corrected chi connectivity index (χ2v) is 6.60. The molecule has 16 heavy (non-hydrogen) atoms. The van der Waals surface area contributed by atoms with Gasteiger partial charge in [-0.05, 0) is 25.2 Å². The Morgan fingerprint density at radius 1 is 1.44 bits per heavy atom. The summed E-state index contributed by atoms with van der Waals surface area (Å²) < 4.78 is 24.9. The van der Waals surface area contributed by atoms with E-state index >= 15 is 0 Å². The summed E-state index contributed by atoms with van der Waals surface area (Å²) in [6, 6.07) is 0.0445. The van der Waals surface area contributed by atoms with E-state index in [2.05, 4.69) is 0 Å². The monoisotopic (exact) mass is 249 g/mol. The predicted molar refractivity (Wildman–Crippen MR) is 60.6 cm³/mol. The van der Waals surface area contributed by atoms with E-state index in [1.165, 1.54) is 4.31 Å². The van der Waals surface area contributed by atoms with Gasteiger partial charge in [0.25, 0.3) is 0 Å². The van der Waals surface area contributed by atoms with Crippen molar-refractivity contribution in [3.05, 3.63) is 0 Å². The van der Waals surface area contributed by atoms with Crippen LogP contribution in [-0.2, 0) is 14.8 Å². The van der Waals surface area contributed by atoms with Gasteiger partial charge >= 0.3 is 5.97 Å². The third-order valence-corrected chi connectivity index (χ3v) is 4.35. The van der Waals surface area contributed by atoms with Gasteiger partial charge in [-0.2, -0.15) is 4.31 Å². The van der Waals surface area contributed by atoms with Gasteiger partial charge < -0.3 is 5.11 Å². The van der Waals surface area contributed by atoms with Crippen molar-refractivity contribution >= 4 is 16.0 Å². The van der Waals surface area contributed by atoms with E-state index in [1.807, 2.05) is 13.8 Å². The zero-order chi connectivity index (χ0) is 12.3. The Hall–Kier alpha value is -0.620. The van der Waals surface area contributed by atoms with Crippen LogP contribution in [0.25, 0.3) is 0 Å². The lowest BCUT2D eigenvalue weighted by Crippen LogP contribution is -2.38. The molecule has 0 saturated heterocycles. The molecule has 1 N–H and O–H groups in total. The van der Waals surface area contributed by atoms with E-state index in [9.17, 15) is 13.2 Å². The lowest BCUT2D eigenvalue weighted by atomic mass is 10.1. The third-order valence-electron chi connectivity index (χ3n) is 2.54. The maximum absolute atomic E-state index is 11.8.